The minimum absolute atomic E-state index is 0.00715. The van der Waals surface area contributed by atoms with Crippen LogP contribution >= 0.6 is 12.2 Å². The first-order valence-electron chi connectivity index (χ1n) is 10.7. The number of hydrogen-bond acceptors (Lipinski definition) is 3. The van der Waals surface area contributed by atoms with Crippen LogP contribution < -0.4 is 10.2 Å². The number of hydrogen-bond donors (Lipinski definition) is 1. The number of benzene rings is 3. The van der Waals surface area contributed by atoms with Gasteiger partial charge in [-0.1, -0.05) is 35.9 Å². The third kappa shape index (κ3) is 4.13. The standard InChI is InChI=1S/C27H20FN3O2S/c1-17-5-8-22(9-6-17)31-26(33)23(25(32)29-27(31)34)15-18-7-10-24-20(13-18)11-12-30(24)16-19-3-2-4-21(28)14-19/h2-15H,16H2,1H3,(H,29,32,34)/b23-15-. The lowest BCUT2D eigenvalue weighted by Crippen LogP contribution is -2.54. The second-order valence-corrected chi connectivity index (χ2v) is 8.57. The Balaban J connectivity index is 1.45. The highest BCUT2D eigenvalue weighted by Crippen LogP contribution is 2.24. The molecule has 1 aromatic heterocycles. The topological polar surface area (TPSA) is 54.3 Å². The molecule has 168 valence electrons. The van der Waals surface area contributed by atoms with Crippen LogP contribution in [0.1, 0.15) is 16.7 Å². The van der Waals surface area contributed by atoms with Crippen molar-refractivity contribution in [2.45, 2.75) is 13.5 Å². The van der Waals surface area contributed by atoms with Gasteiger partial charge in [0, 0.05) is 23.6 Å². The molecule has 2 amide bonds. The molecule has 34 heavy (non-hydrogen) atoms. The number of thiocarbonyl (C=S) groups is 1. The van der Waals surface area contributed by atoms with Gasteiger partial charge in [0.1, 0.15) is 11.4 Å². The molecule has 0 unspecified atom stereocenters. The molecule has 4 aromatic rings. The summed E-state index contributed by atoms with van der Waals surface area (Å²) in [4.78, 5) is 27.1. The van der Waals surface area contributed by atoms with E-state index in [1.165, 1.54) is 17.0 Å². The number of rotatable bonds is 4. The molecular formula is C27H20FN3O2S. The number of carbonyl (C=O) groups is 2. The lowest BCUT2D eigenvalue weighted by Gasteiger charge is -2.29. The van der Waals surface area contributed by atoms with E-state index >= 15 is 0 Å². The van der Waals surface area contributed by atoms with E-state index in [0.717, 1.165) is 22.0 Å². The van der Waals surface area contributed by atoms with Crippen LogP contribution in [0.3, 0.4) is 0 Å². The maximum atomic E-state index is 13.5. The van der Waals surface area contributed by atoms with Gasteiger partial charge < -0.3 is 4.57 Å². The number of anilines is 1. The van der Waals surface area contributed by atoms with E-state index in [1.807, 2.05) is 60.2 Å². The fraction of sp³-hybridized carbons (Fsp3) is 0.0741. The van der Waals surface area contributed by atoms with E-state index in [9.17, 15) is 14.0 Å². The van der Waals surface area contributed by atoms with Gasteiger partial charge >= 0.3 is 0 Å². The molecule has 0 aliphatic carbocycles. The second kappa shape index (κ2) is 8.68. The first-order chi connectivity index (χ1) is 16.4. The molecule has 1 saturated heterocycles. The van der Waals surface area contributed by atoms with Gasteiger partial charge in [0.15, 0.2) is 5.11 Å². The molecule has 1 fully saturated rings. The summed E-state index contributed by atoms with van der Waals surface area (Å²) in [5.74, 6) is -1.26. The Labute approximate surface area is 201 Å². The predicted molar refractivity (Wildman–Crippen MR) is 135 cm³/mol. The van der Waals surface area contributed by atoms with Gasteiger partial charge in [-0.05, 0) is 78.8 Å². The highest BCUT2D eigenvalue weighted by atomic mass is 32.1. The number of aryl methyl sites for hydroxylation is 1. The quantitative estimate of drug-likeness (QED) is 0.261. The molecule has 0 saturated carbocycles. The Morgan fingerprint density at radius 1 is 1.00 bits per heavy atom. The number of aromatic nitrogens is 1. The van der Waals surface area contributed by atoms with Crippen LogP contribution in [0.4, 0.5) is 10.1 Å². The third-order valence-electron chi connectivity index (χ3n) is 5.74. The van der Waals surface area contributed by atoms with Crippen molar-refractivity contribution in [3.63, 3.8) is 0 Å². The normalized spacial score (nSPS) is 15.3. The van der Waals surface area contributed by atoms with Crippen LogP contribution in [0.25, 0.3) is 17.0 Å². The zero-order valence-electron chi connectivity index (χ0n) is 18.3. The smallest absolute Gasteiger partial charge is 0.270 e. The Kier molecular flexibility index (Phi) is 5.55. The van der Waals surface area contributed by atoms with E-state index in [1.54, 1.807) is 24.3 Å². The monoisotopic (exact) mass is 469 g/mol. The van der Waals surface area contributed by atoms with E-state index in [2.05, 4.69) is 5.32 Å². The molecule has 5 rings (SSSR count). The summed E-state index contributed by atoms with van der Waals surface area (Å²) in [7, 11) is 0. The lowest BCUT2D eigenvalue weighted by molar-refractivity contribution is -0.122. The van der Waals surface area contributed by atoms with Crippen molar-refractivity contribution in [2.24, 2.45) is 0 Å². The van der Waals surface area contributed by atoms with Crippen molar-refractivity contribution in [1.29, 1.82) is 0 Å². The maximum absolute atomic E-state index is 13.5. The summed E-state index contributed by atoms with van der Waals surface area (Å²) in [5.41, 5.74) is 4.19. The fourth-order valence-corrected chi connectivity index (χ4v) is 4.31. The van der Waals surface area contributed by atoms with E-state index in [4.69, 9.17) is 12.2 Å². The Hall–Kier alpha value is -4.10. The van der Waals surface area contributed by atoms with E-state index in [-0.39, 0.29) is 16.5 Å². The molecule has 0 radical (unpaired) electrons. The van der Waals surface area contributed by atoms with Gasteiger partial charge in [-0.15, -0.1) is 0 Å². The van der Waals surface area contributed by atoms with Crippen molar-refractivity contribution >= 4 is 51.8 Å². The largest absolute Gasteiger partial charge is 0.343 e. The second-order valence-electron chi connectivity index (χ2n) is 8.19. The first-order valence-corrected chi connectivity index (χ1v) is 11.1. The van der Waals surface area contributed by atoms with Gasteiger partial charge in [-0.3, -0.25) is 19.8 Å². The van der Waals surface area contributed by atoms with Crippen LogP contribution in [-0.2, 0) is 16.1 Å². The molecule has 1 aliphatic rings. The van der Waals surface area contributed by atoms with Gasteiger partial charge in [0.05, 0.1) is 5.69 Å². The van der Waals surface area contributed by atoms with Crippen molar-refractivity contribution < 1.29 is 14.0 Å². The minimum Gasteiger partial charge on any atom is -0.343 e. The average molecular weight is 470 g/mol. The number of nitrogens with zero attached hydrogens (tertiary/aromatic N) is 2. The summed E-state index contributed by atoms with van der Waals surface area (Å²) >= 11 is 5.26. The lowest BCUT2D eigenvalue weighted by atomic mass is 10.1. The Bertz CT molecular complexity index is 1490. The summed E-state index contributed by atoms with van der Waals surface area (Å²) in [5, 5.41) is 3.61. The molecule has 1 aliphatic heterocycles. The molecule has 0 atom stereocenters. The minimum atomic E-state index is -0.526. The molecular weight excluding hydrogens is 449 g/mol. The molecule has 0 bridgehead atoms. The van der Waals surface area contributed by atoms with Crippen molar-refractivity contribution in [3.8, 4) is 0 Å². The summed E-state index contributed by atoms with van der Waals surface area (Å²) < 4.78 is 15.6. The highest BCUT2D eigenvalue weighted by molar-refractivity contribution is 7.80. The van der Waals surface area contributed by atoms with E-state index < -0.39 is 11.8 Å². The predicted octanol–water partition coefficient (Wildman–Crippen LogP) is 4.97. The SMILES string of the molecule is Cc1ccc(N2C(=O)/C(=C\c3ccc4c(ccn4Cc4cccc(F)c4)c3)C(=O)NC2=S)cc1. The summed E-state index contributed by atoms with van der Waals surface area (Å²) in [6.07, 6.45) is 3.51. The molecule has 1 N–H and O–H groups in total. The van der Waals surface area contributed by atoms with Crippen LogP contribution in [0, 0.1) is 12.7 Å². The molecule has 3 aromatic carbocycles. The van der Waals surface area contributed by atoms with Gasteiger partial charge in [-0.2, -0.15) is 0 Å². The van der Waals surface area contributed by atoms with Crippen LogP contribution in [0.15, 0.2) is 84.6 Å². The maximum Gasteiger partial charge on any atom is 0.270 e. The first kappa shape index (κ1) is 21.7. The highest BCUT2D eigenvalue weighted by Gasteiger charge is 2.34. The fourth-order valence-electron chi connectivity index (χ4n) is 4.03. The zero-order chi connectivity index (χ0) is 23.8. The number of carbonyl (C=O) groups excluding carboxylic acids is 2. The number of fused-ring (bicyclic) bond motifs is 1. The molecule has 0 spiro atoms. The number of amides is 2. The third-order valence-corrected chi connectivity index (χ3v) is 6.03. The van der Waals surface area contributed by atoms with Crippen molar-refractivity contribution in [1.82, 2.24) is 9.88 Å². The van der Waals surface area contributed by atoms with Crippen LogP contribution in [0.2, 0.25) is 0 Å². The average Bonchev–Trinajstić information content (AvgIpc) is 3.20. The number of halogens is 1. The Morgan fingerprint density at radius 3 is 2.56 bits per heavy atom. The number of nitrogens with one attached hydrogen (secondary N) is 1. The molecule has 5 nitrogen and oxygen atoms in total. The summed E-state index contributed by atoms with van der Waals surface area (Å²) in [6.45, 7) is 2.49. The van der Waals surface area contributed by atoms with Crippen molar-refractivity contribution in [3.05, 3.63) is 107 Å². The zero-order valence-corrected chi connectivity index (χ0v) is 19.1. The molecule has 7 heteroatoms. The van der Waals surface area contributed by atoms with Gasteiger partial charge in [0.2, 0.25) is 0 Å². The van der Waals surface area contributed by atoms with E-state index in [0.29, 0.717) is 17.8 Å². The summed E-state index contributed by atoms with van der Waals surface area (Å²) in [6, 6.07) is 21.5. The van der Waals surface area contributed by atoms with Crippen LogP contribution in [0.5, 0.6) is 0 Å². The van der Waals surface area contributed by atoms with Crippen LogP contribution in [-0.4, -0.2) is 21.5 Å². The van der Waals surface area contributed by atoms with Crippen molar-refractivity contribution in [2.75, 3.05) is 4.90 Å². The van der Waals surface area contributed by atoms with Gasteiger partial charge in [-0.25, -0.2) is 4.39 Å². The van der Waals surface area contributed by atoms with Gasteiger partial charge in [0.25, 0.3) is 11.8 Å². The molecule has 2 heterocycles. The Morgan fingerprint density at radius 2 is 1.79 bits per heavy atom.